The molecule has 2 amide bonds. The Morgan fingerprint density at radius 1 is 1.23 bits per heavy atom. The summed E-state index contributed by atoms with van der Waals surface area (Å²) < 4.78 is 5.71. The van der Waals surface area contributed by atoms with E-state index in [4.69, 9.17) is 17.0 Å². The predicted molar refractivity (Wildman–Crippen MR) is 106 cm³/mol. The van der Waals surface area contributed by atoms with Crippen molar-refractivity contribution in [3.8, 4) is 5.75 Å². The number of nitrogens with one attached hydrogen (secondary N) is 1. The van der Waals surface area contributed by atoms with Gasteiger partial charge in [0.2, 0.25) is 0 Å². The molecule has 0 aromatic heterocycles. The van der Waals surface area contributed by atoms with Gasteiger partial charge in [-0.25, -0.2) is 0 Å². The first-order valence-electron chi connectivity index (χ1n) is 8.21. The summed E-state index contributed by atoms with van der Waals surface area (Å²) in [6, 6.07) is 11.5. The van der Waals surface area contributed by atoms with Gasteiger partial charge in [0.15, 0.2) is 5.11 Å². The number of ether oxygens (including phenoxy) is 1. The maximum atomic E-state index is 12.8. The summed E-state index contributed by atoms with van der Waals surface area (Å²) in [6.07, 6.45) is 3.13. The van der Waals surface area contributed by atoms with E-state index in [1.54, 1.807) is 12.2 Å². The third kappa shape index (κ3) is 3.23. The van der Waals surface area contributed by atoms with Crippen LogP contribution < -0.4 is 10.1 Å². The fourth-order valence-electron chi connectivity index (χ4n) is 2.84. The van der Waals surface area contributed by atoms with Crippen LogP contribution in [0.3, 0.4) is 0 Å². The van der Waals surface area contributed by atoms with Crippen LogP contribution in [0, 0.1) is 0 Å². The summed E-state index contributed by atoms with van der Waals surface area (Å²) in [4.78, 5) is 26.5. The molecular weight excluding hydrogens is 348 g/mol. The highest BCUT2D eigenvalue weighted by molar-refractivity contribution is 7.80. The van der Waals surface area contributed by atoms with Gasteiger partial charge in [-0.1, -0.05) is 36.4 Å². The fraction of sp³-hybridized carbons (Fsp3) is 0.150. The molecule has 0 spiro atoms. The highest BCUT2D eigenvalue weighted by Crippen LogP contribution is 2.31. The van der Waals surface area contributed by atoms with E-state index < -0.39 is 11.8 Å². The molecular formula is C20H18N2O3S. The van der Waals surface area contributed by atoms with Crippen LogP contribution in [0.2, 0.25) is 0 Å². The average molecular weight is 366 g/mol. The first-order valence-corrected chi connectivity index (χ1v) is 8.62. The molecule has 1 heterocycles. The van der Waals surface area contributed by atoms with Crippen molar-refractivity contribution in [1.82, 2.24) is 10.2 Å². The van der Waals surface area contributed by atoms with E-state index in [2.05, 4.69) is 11.9 Å². The third-order valence-electron chi connectivity index (χ3n) is 4.02. The van der Waals surface area contributed by atoms with Crippen LogP contribution in [0.15, 0.2) is 54.6 Å². The molecule has 0 radical (unpaired) electrons. The summed E-state index contributed by atoms with van der Waals surface area (Å²) in [5, 5.41) is 4.53. The van der Waals surface area contributed by atoms with E-state index in [-0.39, 0.29) is 17.2 Å². The largest absolute Gasteiger partial charge is 0.493 e. The molecule has 6 heteroatoms. The second-order valence-electron chi connectivity index (χ2n) is 5.65. The number of rotatable bonds is 5. The number of nitrogens with zero attached hydrogens (tertiary/aromatic N) is 1. The van der Waals surface area contributed by atoms with Crippen molar-refractivity contribution in [3.05, 3.63) is 60.2 Å². The molecule has 2 aromatic carbocycles. The SMILES string of the molecule is C=CCN1C(=O)/C(=C\c2c(OCC)ccc3ccccc23)C(=O)NC1=S. The summed E-state index contributed by atoms with van der Waals surface area (Å²) in [5.74, 6) is -0.354. The van der Waals surface area contributed by atoms with Gasteiger partial charge < -0.3 is 4.74 Å². The summed E-state index contributed by atoms with van der Waals surface area (Å²) in [6.45, 7) is 6.21. The Bertz CT molecular complexity index is 949. The van der Waals surface area contributed by atoms with Gasteiger partial charge in [-0.05, 0) is 42.1 Å². The van der Waals surface area contributed by atoms with Crippen molar-refractivity contribution < 1.29 is 14.3 Å². The molecule has 26 heavy (non-hydrogen) atoms. The Labute approximate surface area is 156 Å². The van der Waals surface area contributed by atoms with Gasteiger partial charge in [0.05, 0.1) is 6.61 Å². The van der Waals surface area contributed by atoms with E-state index in [1.165, 1.54) is 4.90 Å². The zero-order valence-electron chi connectivity index (χ0n) is 14.3. The second-order valence-corrected chi connectivity index (χ2v) is 6.04. The Morgan fingerprint density at radius 3 is 2.73 bits per heavy atom. The van der Waals surface area contributed by atoms with Gasteiger partial charge in [-0.15, -0.1) is 6.58 Å². The van der Waals surface area contributed by atoms with Crippen LogP contribution in [0.5, 0.6) is 5.75 Å². The number of amides is 2. The van der Waals surface area contributed by atoms with Crippen LogP contribution in [0.1, 0.15) is 12.5 Å². The number of carbonyl (C=O) groups is 2. The number of carbonyl (C=O) groups excluding carboxylic acids is 2. The smallest absolute Gasteiger partial charge is 0.265 e. The van der Waals surface area contributed by atoms with Crippen LogP contribution in [-0.2, 0) is 9.59 Å². The predicted octanol–water partition coefficient (Wildman–Crippen LogP) is 3.05. The average Bonchev–Trinajstić information content (AvgIpc) is 2.63. The molecule has 0 saturated carbocycles. The minimum atomic E-state index is -0.518. The maximum Gasteiger partial charge on any atom is 0.265 e. The molecule has 0 bridgehead atoms. The number of thiocarbonyl (C=S) groups is 1. The van der Waals surface area contributed by atoms with Crippen molar-refractivity contribution in [2.24, 2.45) is 0 Å². The van der Waals surface area contributed by atoms with Gasteiger partial charge in [0.1, 0.15) is 11.3 Å². The first-order chi connectivity index (χ1) is 12.6. The third-order valence-corrected chi connectivity index (χ3v) is 4.34. The van der Waals surface area contributed by atoms with Gasteiger partial charge in [0, 0.05) is 12.1 Å². The minimum absolute atomic E-state index is 0.0118. The lowest BCUT2D eigenvalue weighted by molar-refractivity contribution is -0.128. The molecule has 3 rings (SSSR count). The second kappa shape index (κ2) is 7.49. The summed E-state index contributed by atoms with van der Waals surface area (Å²) in [7, 11) is 0. The minimum Gasteiger partial charge on any atom is -0.493 e. The van der Waals surface area contributed by atoms with Crippen LogP contribution in [0.25, 0.3) is 16.8 Å². The number of benzene rings is 2. The Balaban J connectivity index is 2.17. The van der Waals surface area contributed by atoms with Gasteiger partial charge in [0.25, 0.3) is 11.8 Å². The van der Waals surface area contributed by atoms with E-state index in [0.717, 1.165) is 10.8 Å². The quantitative estimate of drug-likeness (QED) is 0.382. The molecule has 1 aliphatic rings. The number of fused-ring (bicyclic) bond motifs is 1. The van der Waals surface area contributed by atoms with Gasteiger partial charge in [-0.3, -0.25) is 19.8 Å². The van der Waals surface area contributed by atoms with E-state index >= 15 is 0 Å². The van der Waals surface area contributed by atoms with E-state index in [9.17, 15) is 9.59 Å². The lowest BCUT2D eigenvalue weighted by Crippen LogP contribution is -2.53. The number of hydrogen-bond acceptors (Lipinski definition) is 4. The first kappa shape index (κ1) is 17.8. The lowest BCUT2D eigenvalue weighted by atomic mass is 10.00. The van der Waals surface area contributed by atoms with Crippen molar-refractivity contribution >= 4 is 46.0 Å². The van der Waals surface area contributed by atoms with Gasteiger partial charge >= 0.3 is 0 Å². The zero-order valence-corrected chi connectivity index (χ0v) is 15.1. The number of hydrogen-bond donors (Lipinski definition) is 1. The molecule has 1 aliphatic heterocycles. The van der Waals surface area contributed by atoms with Crippen molar-refractivity contribution in [3.63, 3.8) is 0 Å². The van der Waals surface area contributed by atoms with Crippen LogP contribution in [-0.4, -0.2) is 35.0 Å². The van der Waals surface area contributed by atoms with Crippen molar-refractivity contribution in [2.75, 3.05) is 13.2 Å². The van der Waals surface area contributed by atoms with Gasteiger partial charge in [-0.2, -0.15) is 0 Å². The topological polar surface area (TPSA) is 58.6 Å². The normalized spacial score (nSPS) is 16.1. The molecule has 1 N–H and O–H groups in total. The highest BCUT2D eigenvalue weighted by atomic mass is 32.1. The fourth-order valence-corrected chi connectivity index (χ4v) is 3.09. The molecule has 132 valence electrons. The maximum absolute atomic E-state index is 12.8. The molecule has 0 atom stereocenters. The van der Waals surface area contributed by atoms with Crippen molar-refractivity contribution in [1.29, 1.82) is 0 Å². The van der Waals surface area contributed by atoms with E-state index in [0.29, 0.717) is 17.9 Å². The lowest BCUT2D eigenvalue weighted by Gasteiger charge is -2.28. The van der Waals surface area contributed by atoms with Crippen molar-refractivity contribution in [2.45, 2.75) is 6.92 Å². The Kier molecular flexibility index (Phi) is 5.14. The molecule has 0 unspecified atom stereocenters. The van der Waals surface area contributed by atoms with Crippen LogP contribution >= 0.6 is 12.2 Å². The monoisotopic (exact) mass is 366 g/mol. The highest BCUT2D eigenvalue weighted by Gasteiger charge is 2.33. The molecule has 0 aliphatic carbocycles. The molecule has 5 nitrogen and oxygen atoms in total. The summed E-state index contributed by atoms with van der Waals surface area (Å²) in [5.41, 5.74) is 0.701. The zero-order chi connectivity index (χ0) is 18.7. The molecule has 1 saturated heterocycles. The van der Waals surface area contributed by atoms with Crippen LogP contribution in [0.4, 0.5) is 0 Å². The molecule has 2 aromatic rings. The molecule has 1 fully saturated rings. The summed E-state index contributed by atoms with van der Waals surface area (Å²) >= 11 is 5.08. The Hall–Kier alpha value is -2.99. The standard InChI is InChI=1S/C20H18N2O3S/c1-3-11-22-19(24)16(18(23)21-20(22)26)12-15-14-8-6-5-7-13(14)9-10-17(15)25-4-2/h3,5-10,12H,1,4,11H2,2H3,(H,21,23,26)/b16-12-. The Morgan fingerprint density at radius 2 is 2.00 bits per heavy atom. The van der Waals surface area contributed by atoms with E-state index in [1.807, 2.05) is 43.3 Å².